The molecule has 0 radical (unpaired) electrons. The van der Waals surface area contributed by atoms with Crippen molar-refractivity contribution in [2.24, 2.45) is 5.92 Å². The van der Waals surface area contributed by atoms with Crippen molar-refractivity contribution in [1.82, 2.24) is 9.88 Å². The fraction of sp³-hybridized carbons (Fsp3) is 0.345. The number of nitrogens with zero attached hydrogens (tertiary/aromatic N) is 2. The molecule has 2 amide bonds. The van der Waals surface area contributed by atoms with Gasteiger partial charge in [0.15, 0.2) is 0 Å². The van der Waals surface area contributed by atoms with Gasteiger partial charge in [-0.25, -0.2) is 4.98 Å². The summed E-state index contributed by atoms with van der Waals surface area (Å²) in [5, 5.41) is 9.09. The molecular weight excluding hydrogens is 450 g/mol. The van der Waals surface area contributed by atoms with Gasteiger partial charge in [0.2, 0.25) is 5.91 Å². The maximum absolute atomic E-state index is 13.2. The Morgan fingerprint density at radius 3 is 2.53 bits per heavy atom. The molecule has 7 heteroatoms. The predicted molar refractivity (Wildman–Crippen MR) is 144 cm³/mol. The largest absolute Gasteiger partial charge is 0.340 e. The molecule has 0 unspecified atom stereocenters. The third-order valence-electron chi connectivity index (χ3n) is 7.68. The smallest absolute Gasteiger partial charge is 0.259 e. The molecule has 186 valence electrons. The SMILES string of the molecule is CN1CCC(C(C)(C)c2ccc(NC(=O)c3cccnc3Nc3ccc4c(c3)NC(=O)C4)cc2)CC1. The van der Waals surface area contributed by atoms with E-state index in [1.165, 1.54) is 18.4 Å². The lowest BCUT2D eigenvalue weighted by atomic mass is 9.69. The van der Waals surface area contributed by atoms with Crippen molar-refractivity contribution in [3.63, 3.8) is 0 Å². The first kappa shape index (κ1) is 24.0. The molecule has 3 aromatic rings. The number of anilines is 4. The zero-order valence-electron chi connectivity index (χ0n) is 21.1. The molecule has 2 aliphatic rings. The number of pyridine rings is 1. The minimum Gasteiger partial charge on any atom is -0.340 e. The van der Waals surface area contributed by atoms with Gasteiger partial charge in [0.1, 0.15) is 5.82 Å². The Morgan fingerprint density at radius 1 is 1.06 bits per heavy atom. The quantitative estimate of drug-likeness (QED) is 0.449. The molecule has 0 bridgehead atoms. The number of hydrogen-bond acceptors (Lipinski definition) is 5. The van der Waals surface area contributed by atoms with Crippen molar-refractivity contribution in [3.8, 4) is 0 Å². The molecule has 0 aliphatic carbocycles. The number of hydrogen-bond donors (Lipinski definition) is 3. The molecule has 3 heterocycles. The first-order chi connectivity index (χ1) is 17.3. The van der Waals surface area contributed by atoms with Crippen molar-refractivity contribution in [2.75, 3.05) is 36.1 Å². The summed E-state index contributed by atoms with van der Waals surface area (Å²) in [5.41, 5.74) is 5.07. The number of carbonyl (C=O) groups excluding carboxylic acids is 2. The van der Waals surface area contributed by atoms with E-state index in [2.05, 4.69) is 58.9 Å². The van der Waals surface area contributed by atoms with Gasteiger partial charge < -0.3 is 20.9 Å². The Bertz CT molecular complexity index is 1280. The monoisotopic (exact) mass is 483 g/mol. The highest BCUT2D eigenvalue weighted by atomic mass is 16.2. The average molecular weight is 484 g/mol. The topological polar surface area (TPSA) is 86.4 Å². The van der Waals surface area contributed by atoms with E-state index in [1.54, 1.807) is 18.3 Å². The van der Waals surface area contributed by atoms with Gasteiger partial charge in [0, 0.05) is 23.3 Å². The molecular formula is C29H33N5O2. The third kappa shape index (κ3) is 4.97. The normalized spacial score (nSPS) is 16.4. The standard InChI is InChI=1S/C29H33N5O2/c1-29(2,21-12-15-34(3)16-13-21)20-7-10-22(11-8-20)32-28(36)24-5-4-14-30-27(24)31-23-9-6-19-17-26(35)33-25(19)18-23/h4-11,14,18,21H,12-13,15-17H2,1-3H3,(H,30,31)(H,32,36)(H,33,35). The first-order valence-electron chi connectivity index (χ1n) is 12.5. The Morgan fingerprint density at radius 2 is 1.78 bits per heavy atom. The van der Waals surface area contributed by atoms with Gasteiger partial charge in [0.05, 0.1) is 12.0 Å². The summed E-state index contributed by atoms with van der Waals surface area (Å²) in [7, 11) is 2.19. The maximum Gasteiger partial charge on any atom is 0.259 e. The first-order valence-corrected chi connectivity index (χ1v) is 12.5. The van der Waals surface area contributed by atoms with E-state index in [1.807, 2.05) is 30.3 Å². The summed E-state index contributed by atoms with van der Waals surface area (Å²) in [5.74, 6) is 0.855. The lowest BCUT2D eigenvalue weighted by Crippen LogP contribution is -2.39. The van der Waals surface area contributed by atoms with Crippen LogP contribution in [0.2, 0.25) is 0 Å². The van der Waals surface area contributed by atoms with Crippen LogP contribution in [0.4, 0.5) is 22.9 Å². The summed E-state index contributed by atoms with van der Waals surface area (Å²) in [4.78, 5) is 31.6. The Balaban J connectivity index is 1.28. The number of aromatic nitrogens is 1. The van der Waals surface area contributed by atoms with Gasteiger partial charge >= 0.3 is 0 Å². The highest BCUT2D eigenvalue weighted by Crippen LogP contribution is 2.38. The average Bonchev–Trinajstić information content (AvgIpc) is 3.24. The second-order valence-corrected chi connectivity index (χ2v) is 10.5. The highest BCUT2D eigenvalue weighted by molar-refractivity contribution is 6.08. The van der Waals surface area contributed by atoms with Crippen molar-refractivity contribution in [2.45, 2.75) is 38.5 Å². The second kappa shape index (κ2) is 9.74. The van der Waals surface area contributed by atoms with E-state index in [0.717, 1.165) is 35.7 Å². The molecule has 2 aromatic carbocycles. The highest BCUT2D eigenvalue weighted by Gasteiger charge is 2.33. The number of likely N-dealkylation sites (tertiary alicyclic amines) is 1. The number of carbonyl (C=O) groups is 2. The molecule has 0 saturated carbocycles. The van der Waals surface area contributed by atoms with Crippen molar-refractivity contribution < 1.29 is 9.59 Å². The summed E-state index contributed by atoms with van der Waals surface area (Å²) in [6.45, 7) is 6.94. The van der Waals surface area contributed by atoms with Crippen LogP contribution in [0.5, 0.6) is 0 Å². The van der Waals surface area contributed by atoms with Crippen molar-refractivity contribution >= 4 is 34.7 Å². The van der Waals surface area contributed by atoms with Crippen LogP contribution in [0.3, 0.4) is 0 Å². The van der Waals surface area contributed by atoms with Crippen LogP contribution < -0.4 is 16.0 Å². The fourth-order valence-electron chi connectivity index (χ4n) is 5.26. The molecule has 1 fully saturated rings. The van der Waals surface area contributed by atoms with E-state index in [9.17, 15) is 9.59 Å². The van der Waals surface area contributed by atoms with Crippen LogP contribution in [0.1, 0.15) is 48.2 Å². The number of nitrogens with one attached hydrogen (secondary N) is 3. The van der Waals surface area contributed by atoms with Gasteiger partial charge in [-0.1, -0.05) is 32.0 Å². The maximum atomic E-state index is 13.2. The van der Waals surface area contributed by atoms with Crippen LogP contribution in [0.15, 0.2) is 60.8 Å². The Labute approximate surface area is 212 Å². The van der Waals surface area contributed by atoms with Gasteiger partial charge in [0.25, 0.3) is 5.91 Å². The minimum absolute atomic E-state index is 0.0131. The molecule has 5 rings (SSSR count). The van der Waals surface area contributed by atoms with Crippen LogP contribution in [-0.4, -0.2) is 41.8 Å². The van der Waals surface area contributed by atoms with Gasteiger partial charge in [-0.15, -0.1) is 0 Å². The van der Waals surface area contributed by atoms with E-state index >= 15 is 0 Å². The van der Waals surface area contributed by atoms with Crippen LogP contribution >= 0.6 is 0 Å². The molecule has 3 N–H and O–H groups in total. The van der Waals surface area contributed by atoms with Crippen LogP contribution in [0.25, 0.3) is 0 Å². The molecule has 0 spiro atoms. The van der Waals surface area contributed by atoms with Crippen LogP contribution in [-0.2, 0) is 16.6 Å². The minimum atomic E-state index is -0.234. The van der Waals surface area contributed by atoms with E-state index in [-0.39, 0.29) is 17.2 Å². The summed E-state index contributed by atoms with van der Waals surface area (Å²) < 4.78 is 0. The Hall–Kier alpha value is -3.71. The molecule has 7 nitrogen and oxygen atoms in total. The third-order valence-corrected chi connectivity index (χ3v) is 7.68. The lowest BCUT2D eigenvalue weighted by Gasteiger charge is -2.40. The summed E-state index contributed by atoms with van der Waals surface area (Å²) >= 11 is 0. The van der Waals surface area contributed by atoms with Crippen LogP contribution in [0, 0.1) is 5.92 Å². The van der Waals surface area contributed by atoms with Crippen molar-refractivity contribution in [1.29, 1.82) is 0 Å². The van der Waals surface area contributed by atoms with Gasteiger partial charge in [-0.2, -0.15) is 0 Å². The van der Waals surface area contributed by atoms with Crippen molar-refractivity contribution in [3.05, 3.63) is 77.5 Å². The molecule has 0 atom stereocenters. The Kier molecular flexibility index (Phi) is 6.49. The van der Waals surface area contributed by atoms with E-state index in [4.69, 9.17) is 0 Å². The van der Waals surface area contributed by atoms with E-state index in [0.29, 0.717) is 23.7 Å². The molecule has 1 aromatic heterocycles. The zero-order chi connectivity index (χ0) is 25.3. The van der Waals surface area contributed by atoms with Gasteiger partial charge in [-0.3, -0.25) is 9.59 Å². The fourth-order valence-corrected chi connectivity index (χ4v) is 5.26. The summed E-state index contributed by atoms with van der Waals surface area (Å²) in [6, 6.07) is 17.4. The molecule has 1 saturated heterocycles. The number of amides is 2. The van der Waals surface area contributed by atoms with E-state index < -0.39 is 0 Å². The number of piperidine rings is 1. The second-order valence-electron chi connectivity index (χ2n) is 10.5. The summed E-state index contributed by atoms with van der Waals surface area (Å²) in [6.07, 6.45) is 4.44. The number of fused-ring (bicyclic) bond motifs is 1. The number of benzene rings is 2. The number of rotatable bonds is 6. The predicted octanol–water partition coefficient (Wildman–Crippen LogP) is 5.19. The molecule has 36 heavy (non-hydrogen) atoms. The lowest BCUT2D eigenvalue weighted by molar-refractivity contribution is -0.115. The zero-order valence-corrected chi connectivity index (χ0v) is 21.1. The van der Waals surface area contributed by atoms with Gasteiger partial charge in [-0.05, 0) is 91.8 Å². The molecule has 2 aliphatic heterocycles.